The van der Waals surface area contributed by atoms with E-state index in [9.17, 15) is 5.11 Å². The molecule has 0 aromatic rings. The van der Waals surface area contributed by atoms with E-state index < -0.39 is 0 Å². The molecule has 0 spiro atoms. The molecule has 1 fully saturated rings. The quantitative estimate of drug-likeness (QED) is 0.767. The van der Waals surface area contributed by atoms with Crippen molar-refractivity contribution in [1.29, 1.82) is 0 Å². The van der Waals surface area contributed by atoms with Gasteiger partial charge in [0.2, 0.25) is 0 Å². The third-order valence-corrected chi connectivity index (χ3v) is 3.63. The summed E-state index contributed by atoms with van der Waals surface area (Å²) < 4.78 is 6.71. The minimum atomic E-state index is -0.356. The Balaban J connectivity index is 2.34. The highest BCUT2D eigenvalue weighted by Crippen LogP contribution is 2.39. The SMILES string of the molecule is C[C@@H]1C[C@@H](OC[C@@H](O)C[N+](C)(C)C)CC(C)(C)C1. The first-order valence-corrected chi connectivity index (χ1v) is 7.17. The highest BCUT2D eigenvalue weighted by molar-refractivity contribution is 4.83. The molecule has 1 aliphatic rings. The lowest BCUT2D eigenvalue weighted by Crippen LogP contribution is -2.44. The molecule has 1 N–H and O–H groups in total. The van der Waals surface area contributed by atoms with Crippen LogP contribution in [-0.2, 0) is 4.74 Å². The largest absolute Gasteiger partial charge is 0.385 e. The molecule has 108 valence electrons. The molecular weight excluding hydrogens is 226 g/mol. The monoisotopic (exact) mass is 258 g/mol. The fraction of sp³-hybridized carbons (Fsp3) is 1.00. The molecule has 1 rings (SSSR count). The van der Waals surface area contributed by atoms with Crippen LogP contribution in [0.1, 0.15) is 40.0 Å². The molecule has 0 aromatic carbocycles. The van der Waals surface area contributed by atoms with Crippen molar-refractivity contribution in [3.05, 3.63) is 0 Å². The van der Waals surface area contributed by atoms with E-state index in [1.165, 1.54) is 6.42 Å². The fourth-order valence-electron chi connectivity index (χ4n) is 3.32. The van der Waals surface area contributed by atoms with E-state index in [2.05, 4.69) is 41.9 Å². The lowest BCUT2D eigenvalue weighted by atomic mass is 9.71. The molecule has 0 radical (unpaired) electrons. The summed E-state index contributed by atoms with van der Waals surface area (Å²) in [6.07, 6.45) is 3.51. The van der Waals surface area contributed by atoms with Crippen LogP contribution in [-0.4, -0.2) is 56.1 Å². The molecule has 0 unspecified atom stereocenters. The van der Waals surface area contributed by atoms with Gasteiger partial charge in [-0.15, -0.1) is 0 Å². The molecule has 0 heterocycles. The van der Waals surface area contributed by atoms with Crippen LogP contribution in [0.3, 0.4) is 0 Å². The predicted octanol–water partition coefficient (Wildman–Crippen LogP) is 2.28. The average Bonchev–Trinajstić information content (AvgIpc) is 2.08. The molecule has 3 nitrogen and oxygen atoms in total. The topological polar surface area (TPSA) is 29.5 Å². The number of ether oxygens (including phenoxy) is 1. The van der Waals surface area contributed by atoms with Gasteiger partial charge in [0.1, 0.15) is 12.6 Å². The van der Waals surface area contributed by atoms with Crippen molar-refractivity contribution >= 4 is 0 Å². The molecule has 0 aromatic heterocycles. The highest BCUT2D eigenvalue weighted by atomic mass is 16.5. The van der Waals surface area contributed by atoms with E-state index >= 15 is 0 Å². The maximum absolute atomic E-state index is 9.97. The van der Waals surface area contributed by atoms with Gasteiger partial charge in [0, 0.05) is 0 Å². The summed E-state index contributed by atoms with van der Waals surface area (Å²) in [5, 5.41) is 9.97. The zero-order valence-corrected chi connectivity index (χ0v) is 13.1. The standard InChI is InChI=1S/C15H32NO2/c1-12-7-14(9-15(2,3)8-12)18-11-13(17)10-16(4,5)6/h12-14,17H,7-11H2,1-6H3/q+1/t12-,13+,14-/m1/s1. The molecule has 1 aliphatic carbocycles. The van der Waals surface area contributed by atoms with Crippen molar-refractivity contribution < 1.29 is 14.3 Å². The molecule has 3 atom stereocenters. The minimum absolute atomic E-state index is 0.325. The Morgan fingerprint density at radius 3 is 2.39 bits per heavy atom. The molecule has 1 saturated carbocycles. The lowest BCUT2D eigenvalue weighted by Gasteiger charge is -2.39. The second kappa shape index (κ2) is 5.89. The number of nitrogens with zero attached hydrogens (tertiary/aromatic N) is 1. The van der Waals surface area contributed by atoms with Crippen LogP contribution in [0.25, 0.3) is 0 Å². The lowest BCUT2D eigenvalue weighted by molar-refractivity contribution is -0.873. The van der Waals surface area contributed by atoms with Gasteiger partial charge in [-0.3, -0.25) is 0 Å². The predicted molar refractivity (Wildman–Crippen MR) is 75.4 cm³/mol. The van der Waals surface area contributed by atoms with Crippen LogP contribution in [0.2, 0.25) is 0 Å². The number of aliphatic hydroxyl groups is 1. The first-order valence-electron chi connectivity index (χ1n) is 7.17. The van der Waals surface area contributed by atoms with Crippen molar-refractivity contribution in [2.75, 3.05) is 34.3 Å². The second-order valence-corrected chi connectivity index (χ2v) is 8.00. The maximum atomic E-state index is 9.97. The Kier molecular flexibility index (Phi) is 5.22. The van der Waals surface area contributed by atoms with Gasteiger partial charge in [0.25, 0.3) is 0 Å². The van der Waals surface area contributed by atoms with Gasteiger partial charge in [-0.2, -0.15) is 0 Å². The van der Waals surface area contributed by atoms with Crippen molar-refractivity contribution in [3.63, 3.8) is 0 Å². The van der Waals surface area contributed by atoms with Crippen molar-refractivity contribution in [1.82, 2.24) is 0 Å². The highest BCUT2D eigenvalue weighted by Gasteiger charge is 2.32. The maximum Gasteiger partial charge on any atom is 0.126 e. The van der Waals surface area contributed by atoms with E-state index in [1.54, 1.807) is 0 Å². The minimum Gasteiger partial charge on any atom is -0.385 e. The van der Waals surface area contributed by atoms with Gasteiger partial charge in [-0.05, 0) is 30.6 Å². The van der Waals surface area contributed by atoms with Crippen LogP contribution in [0.15, 0.2) is 0 Å². The Morgan fingerprint density at radius 2 is 1.89 bits per heavy atom. The zero-order chi connectivity index (χ0) is 14.0. The zero-order valence-electron chi connectivity index (χ0n) is 13.1. The molecule has 0 bridgehead atoms. The summed E-state index contributed by atoms with van der Waals surface area (Å²) in [5.74, 6) is 0.731. The van der Waals surface area contributed by atoms with E-state index in [1.807, 2.05) is 0 Å². The number of hydrogen-bond acceptors (Lipinski definition) is 2. The first-order chi connectivity index (χ1) is 8.07. The fourth-order valence-corrected chi connectivity index (χ4v) is 3.32. The van der Waals surface area contributed by atoms with E-state index in [-0.39, 0.29) is 6.10 Å². The van der Waals surface area contributed by atoms with Crippen LogP contribution >= 0.6 is 0 Å². The summed E-state index contributed by atoms with van der Waals surface area (Å²) in [5.41, 5.74) is 0.382. The Bertz CT molecular complexity index is 258. The number of aliphatic hydroxyl groups excluding tert-OH is 1. The Hall–Kier alpha value is -0.120. The van der Waals surface area contributed by atoms with Gasteiger partial charge >= 0.3 is 0 Å². The van der Waals surface area contributed by atoms with Gasteiger partial charge in [0.05, 0.1) is 33.9 Å². The van der Waals surface area contributed by atoms with Gasteiger partial charge < -0.3 is 14.3 Å². The number of hydrogen-bond donors (Lipinski definition) is 1. The third kappa shape index (κ3) is 6.17. The van der Waals surface area contributed by atoms with Crippen molar-refractivity contribution in [2.45, 2.75) is 52.2 Å². The smallest absolute Gasteiger partial charge is 0.126 e. The van der Waals surface area contributed by atoms with Gasteiger partial charge in [0.15, 0.2) is 0 Å². The molecule has 0 amide bonds. The summed E-state index contributed by atoms with van der Waals surface area (Å²) >= 11 is 0. The number of quaternary nitrogens is 1. The van der Waals surface area contributed by atoms with Crippen LogP contribution in [0.4, 0.5) is 0 Å². The number of rotatable bonds is 5. The first kappa shape index (κ1) is 15.9. The van der Waals surface area contributed by atoms with Gasteiger partial charge in [-0.25, -0.2) is 0 Å². The number of likely N-dealkylation sites (N-methyl/N-ethyl adjacent to an activating group) is 1. The molecular formula is C15H32NO2+. The molecule has 0 aliphatic heterocycles. The van der Waals surface area contributed by atoms with Crippen LogP contribution in [0, 0.1) is 11.3 Å². The van der Waals surface area contributed by atoms with Crippen LogP contribution < -0.4 is 0 Å². The van der Waals surface area contributed by atoms with E-state index in [0.717, 1.165) is 29.8 Å². The molecule has 3 heteroatoms. The van der Waals surface area contributed by atoms with Crippen molar-refractivity contribution in [2.24, 2.45) is 11.3 Å². The Morgan fingerprint density at radius 1 is 1.28 bits per heavy atom. The molecule has 18 heavy (non-hydrogen) atoms. The average molecular weight is 258 g/mol. The molecule has 0 saturated heterocycles. The third-order valence-electron chi connectivity index (χ3n) is 3.63. The Labute approximate surface area is 113 Å². The summed E-state index contributed by atoms with van der Waals surface area (Å²) in [7, 11) is 6.28. The summed E-state index contributed by atoms with van der Waals surface area (Å²) in [6.45, 7) is 8.16. The second-order valence-electron chi connectivity index (χ2n) is 8.00. The van der Waals surface area contributed by atoms with Crippen LogP contribution in [0.5, 0.6) is 0 Å². The normalized spacial score (nSPS) is 30.2. The van der Waals surface area contributed by atoms with E-state index in [0.29, 0.717) is 18.1 Å². The van der Waals surface area contributed by atoms with E-state index in [4.69, 9.17) is 4.74 Å². The summed E-state index contributed by atoms with van der Waals surface area (Å²) in [6, 6.07) is 0. The van der Waals surface area contributed by atoms with Gasteiger partial charge in [-0.1, -0.05) is 20.8 Å². The van der Waals surface area contributed by atoms with Crippen molar-refractivity contribution in [3.8, 4) is 0 Å². The summed E-state index contributed by atoms with van der Waals surface area (Å²) in [4.78, 5) is 0.